The quantitative estimate of drug-likeness (QED) is 0.741. The van der Waals surface area contributed by atoms with E-state index in [0.29, 0.717) is 18.3 Å². The van der Waals surface area contributed by atoms with Gasteiger partial charge in [0.2, 0.25) is 0 Å². The van der Waals surface area contributed by atoms with Crippen LogP contribution in [0.5, 0.6) is 0 Å². The molecule has 3 saturated carbocycles. The van der Waals surface area contributed by atoms with Gasteiger partial charge in [-0.15, -0.1) is 0 Å². The van der Waals surface area contributed by atoms with Crippen molar-refractivity contribution in [3.8, 4) is 0 Å². The van der Waals surface area contributed by atoms with Crippen LogP contribution in [0.4, 0.5) is 0 Å². The summed E-state index contributed by atoms with van der Waals surface area (Å²) in [6.45, 7) is 3.05. The average Bonchev–Trinajstić information content (AvgIpc) is 2.79. The third-order valence-corrected chi connectivity index (χ3v) is 4.57. The highest BCUT2D eigenvalue weighted by Crippen LogP contribution is 2.67. The predicted molar refractivity (Wildman–Crippen MR) is 66.1 cm³/mol. The molecule has 0 radical (unpaired) electrons. The van der Waals surface area contributed by atoms with Gasteiger partial charge in [-0.05, 0) is 49.4 Å². The maximum Gasteiger partial charge on any atom is 0.331 e. The van der Waals surface area contributed by atoms with Crippen LogP contribution in [0.25, 0.3) is 0 Å². The van der Waals surface area contributed by atoms with E-state index in [-0.39, 0.29) is 0 Å². The van der Waals surface area contributed by atoms with Crippen molar-refractivity contribution in [3.63, 3.8) is 0 Å². The standard InChI is InChI=1S/C12H16O2.C2H4O2/c1-2-7(12(13)14)11-9-4-6-3-8(9)10(11)5-6;1-2(3)4/h6,8-10H,2-5H2,1H3,(H,13,14);1H3,(H,3,4). The lowest BCUT2D eigenvalue weighted by Crippen LogP contribution is -2.39. The van der Waals surface area contributed by atoms with Gasteiger partial charge in [0.05, 0.1) is 0 Å². The number of hydrogen-bond acceptors (Lipinski definition) is 2. The Kier molecular flexibility index (Phi) is 3.46. The van der Waals surface area contributed by atoms with Gasteiger partial charge in [0, 0.05) is 12.5 Å². The molecule has 0 heterocycles. The first-order chi connectivity index (χ1) is 8.45. The van der Waals surface area contributed by atoms with E-state index in [2.05, 4.69) is 0 Å². The van der Waals surface area contributed by atoms with Crippen molar-refractivity contribution in [2.24, 2.45) is 23.7 Å². The molecule has 0 aromatic carbocycles. The van der Waals surface area contributed by atoms with Crippen LogP contribution in [0.15, 0.2) is 11.1 Å². The Morgan fingerprint density at radius 1 is 1.17 bits per heavy atom. The maximum atomic E-state index is 11.1. The van der Waals surface area contributed by atoms with Gasteiger partial charge >= 0.3 is 5.97 Å². The summed E-state index contributed by atoms with van der Waals surface area (Å²) in [4.78, 5) is 20.1. The maximum absolute atomic E-state index is 11.1. The van der Waals surface area contributed by atoms with E-state index < -0.39 is 11.9 Å². The molecule has 0 amide bonds. The van der Waals surface area contributed by atoms with Gasteiger partial charge in [0.25, 0.3) is 5.97 Å². The smallest absolute Gasteiger partial charge is 0.331 e. The number of fused-ring (bicyclic) bond motifs is 1. The van der Waals surface area contributed by atoms with Crippen LogP contribution in [0.2, 0.25) is 0 Å². The monoisotopic (exact) mass is 252 g/mol. The van der Waals surface area contributed by atoms with Crippen LogP contribution in [0, 0.1) is 23.7 Å². The lowest BCUT2D eigenvalue weighted by Gasteiger charge is -2.46. The Balaban J connectivity index is 0.000000267. The fraction of sp³-hybridized carbons (Fsp3) is 0.714. The lowest BCUT2D eigenvalue weighted by molar-refractivity contribution is -0.135. The number of hydrogen-bond donors (Lipinski definition) is 2. The number of allylic oxidation sites excluding steroid dienone is 1. The van der Waals surface area contributed by atoms with Gasteiger partial charge in [0.1, 0.15) is 0 Å². The SMILES string of the molecule is CC(=O)O.CCC(C(=O)O)=C1C2CC3CC1C2C3. The molecule has 2 N–H and O–H groups in total. The molecule has 0 spiro atoms. The first-order valence-electron chi connectivity index (χ1n) is 6.61. The topological polar surface area (TPSA) is 74.6 Å². The molecule has 3 fully saturated rings. The van der Waals surface area contributed by atoms with Gasteiger partial charge in [-0.3, -0.25) is 4.79 Å². The summed E-state index contributed by atoms with van der Waals surface area (Å²) >= 11 is 0. The second kappa shape index (κ2) is 4.75. The summed E-state index contributed by atoms with van der Waals surface area (Å²) < 4.78 is 0. The normalized spacial score (nSPS) is 34.4. The summed E-state index contributed by atoms with van der Waals surface area (Å²) in [6.07, 6.45) is 4.66. The number of carboxylic acid groups (broad SMARTS) is 2. The highest BCUT2D eigenvalue weighted by molar-refractivity contribution is 5.88. The summed E-state index contributed by atoms with van der Waals surface area (Å²) in [7, 11) is 0. The Hall–Kier alpha value is -1.32. The fourth-order valence-corrected chi connectivity index (χ4v) is 4.15. The zero-order chi connectivity index (χ0) is 13.4. The Labute approximate surface area is 107 Å². The van der Waals surface area contributed by atoms with E-state index >= 15 is 0 Å². The molecule has 4 nitrogen and oxygen atoms in total. The van der Waals surface area contributed by atoms with Crippen molar-refractivity contribution in [2.45, 2.75) is 39.5 Å². The van der Waals surface area contributed by atoms with Crippen LogP contribution >= 0.6 is 0 Å². The van der Waals surface area contributed by atoms with Crippen molar-refractivity contribution >= 4 is 11.9 Å². The minimum absolute atomic E-state index is 0.670. The van der Waals surface area contributed by atoms with Gasteiger partial charge in [0.15, 0.2) is 0 Å². The summed E-state index contributed by atoms with van der Waals surface area (Å²) in [6, 6.07) is 0. The molecular formula is C14H20O4. The van der Waals surface area contributed by atoms with E-state index in [0.717, 1.165) is 24.3 Å². The largest absolute Gasteiger partial charge is 0.481 e. The Bertz CT molecular complexity index is 390. The fourth-order valence-electron chi connectivity index (χ4n) is 4.15. The van der Waals surface area contributed by atoms with Crippen LogP contribution in [-0.2, 0) is 9.59 Å². The molecule has 18 heavy (non-hydrogen) atoms. The summed E-state index contributed by atoms with van der Waals surface area (Å²) in [5, 5.41) is 16.5. The third kappa shape index (κ3) is 2.04. The first-order valence-corrected chi connectivity index (χ1v) is 6.61. The minimum atomic E-state index is -0.833. The summed E-state index contributed by atoms with van der Waals surface area (Å²) in [5.74, 6) is 1.65. The van der Waals surface area contributed by atoms with E-state index in [1.807, 2.05) is 6.92 Å². The van der Waals surface area contributed by atoms with Crippen molar-refractivity contribution < 1.29 is 19.8 Å². The van der Waals surface area contributed by atoms with Gasteiger partial charge in [-0.1, -0.05) is 12.5 Å². The molecule has 4 heteroatoms. The van der Waals surface area contributed by atoms with Crippen LogP contribution in [-0.4, -0.2) is 22.2 Å². The van der Waals surface area contributed by atoms with E-state index in [9.17, 15) is 4.79 Å². The van der Waals surface area contributed by atoms with Gasteiger partial charge in [-0.25, -0.2) is 4.79 Å². The molecule has 2 unspecified atom stereocenters. The zero-order valence-electron chi connectivity index (χ0n) is 10.8. The molecule has 0 aromatic rings. The molecule has 0 aromatic heterocycles. The molecule has 3 aliphatic carbocycles. The number of rotatable bonds is 2. The first kappa shape index (κ1) is 13.1. The number of carbonyl (C=O) groups is 2. The molecular weight excluding hydrogens is 232 g/mol. The van der Waals surface area contributed by atoms with E-state index in [1.54, 1.807) is 0 Å². The van der Waals surface area contributed by atoms with Crippen LogP contribution < -0.4 is 0 Å². The molecule has 2 bridgehead atoms. The Morgan fingerprint density at radius 2 is 1.67 bits per heavy atom. The lowest BCUT2D eigenvalue weighted by atomic mass is 9.58. The Morgan fingerprint density at radius 3 is 1.94 bits per heavy atom. The van der Waals surface area contributed by atoms with E-state index in [1.165, 1.54) is 24.8 Å². The van der Waals surface area contributed by atoms with Crippen molar-refractivity contribution in [3.05, 3.63) is 11.1 Å². The highest BCUT2D eigenvalue weighted by atomic mass is 16.4. The van der Waals surface area contributed by atoms with Gasteiger partial charge in [-0.2, -0.15) is 0 Å². The second-order valence-corrected chi connectivity index (χ2v) is 5.56. The third-order valence-electron chi connectivity index (χ3n) is 4.57. The number of aliphatic carboxylic acids is 2. The van der Waals surface area contributed by atoms with Crippen LogP contribution in [0.3, 0.4) is 0 Å². The van der Waals surface area contributed by atoms with Gasteiger partial charge < -0.3 is 10.2 Å². The predicted octanol–water partition coefficient (Wildman–Crippen LogP) is 2.54. The van der Waals surface area contributed by atoms with E-state index in [4.69, 9.17) is 15.0 Å². The molecule has 0 aliphatic heterocycles. The minimum Gasteiger partial charge on any atom is -0.481 e. The van der Waals surface area contributed by atoms with Crippen molar-refractivity contribution in [1.82, 2.24) is 0 Å². The molecule has 100 valence electrons. The van der Waals surface area contributed by atoms with Crippen molar-refractivity contribution in [1.29, 1.82) is 0 Å². The van der Waals surface area contributed by atoms with Crippen molar-refractivity contribution in [2.75, 3.05) is 0 Å². The summed E-state index contributed by atoms with van der Waals surface area (Å²) in [5.41, 5.74) is 2.07. The molecule has 0 saturated heterocycles. The molecule has 3 aliphatic rings. The van der Waals surface area contributed by atoms with Crippen LogP contribution in [0.1, 0.15) is 39.5 Å². The molecule has 2 atom stereocenters. The molecule has 3 rings (SSSR count). The zero-order valence-corrected chi connectivity index (χ0v) is 10.8. The average molecular weight is 252 g/mol. The number of carboxylic acids is 2. The second-order valence-electron chi connectivity index (χ2n) is 5.56. The highest BCUT2D eigenvalue weighted by Gasteiger charge is 2.58.